The van der Waals surface area contributed by atoms with E-state index < -0.39 is 11.8 Å². The number of methoxy groups -OCH3 is 1. The Kier molecular flexibility index (Phi) is 8.72. The second-order valence-electron chi connectivity index (χ2n) is 12.8. The van der Waals surface area contributed by atoms with Gasteiger partial charge in [-0.25, -0.2) is 9.18 Å². The van der Waals surface area contributed by atoms with Crippen LogP contribution in [0.15, 0.2) is 42.5 Å². The number of rotatable bonds is 6. The van der Waals surface area contributed by atoms with Gasteiger partial charge in [-0.2, -0.15) is 0 Å². The van der Waals surface area contributed by atoms with Gasteiger partial charge in [0.15, 0.2) is 6.73 Å². The maximum absolute atomic E-state index is 15.7. The number of nitrogens with zero attached hydrogens (tertiary/aromatic N) is 3. The summed E-state index contributed by atoms with van der Waals surface area (Å²) in [6.45, 7) is 4.00. The van der Waals surface area contributed by atoms with Gasteiger partial charge in [0.25, 0.3) is 5.91 Å². The molecule has 47 heavy (non-hydrogen) atoms. The normalized spacial score (nSPS) is 23.8. The van der Waals surface area contributed by atoms with Crippen LogP contribution >= 0.6 is 23.2 Å². The third kappa shape index (κ3) is 5.79. The number of carbonyl (C=O) groups is 2. The first-order valence-electron chi connectivity index (χ1n) is 15.9. The fraction of sp³-hybridized carbons (Fsp3) is 0.429. The Morgan fingerprint density at radius 3 is 2.40 bits per heavy atom. The van der Waals surface area contributed by atoms with Crippen molar-refractivity contribution in [3.05, 3.63) is 75.0 Å². The highest BCUT2D eigenvalue weighted by atomic mass is 35.5. The highest BCUT2D eigenvalue weighted by Crippen LogP contribution is 2.43. The Morgan fingerprint density at radius 1 is 1.02 bits per heavy atom. The van der Waals surface area contributed by atoms with E-state index in [0.717, 1.165) is 44.0 Å². The fourth-order valence-electron chi connectivity index (χ4n) is 7.61. The van der Waals surface area contributed by atoms with Crippen LogP contribution < -0.4 is 14.5 Å². The van der Waals surface area contributed by atoms with Crippen molar-refractivity contribution in [3.63, 3.8) is 0 Å². The highest BCUT2D eigenvalue weighted by Gasteiger charge is 2.40. The lowest BCUT2D eigenvalue weighted by atomic mass is 9.96. The number of carboxylic acids is 1. The Bertz CT molecular complexity index is 1700. The van der Waals surface area contributed by atoms with Crippen molar-refractivity contribution in [2.45, 2.75) is 63.4 Å². The van der Waals surface area contributed by atoms with Crippen molar-refractivity contribution in [3.8, 4) is 16.9 Å². The van der Waals surface area contributed by atoms with E-state index >= 15 is 4.39 Å². The number of morpholine rings is 1. The molecule has 248 valence electrons. The molecule has 3 saturated heterocycles. The molecule has 3 aromatic rings. The van der Waals surface area contributed by atoms with Gasteiger partial charge in [0.05, 0.1) is 64.8 Å². The first kappa shape index (κ1) is 32.0. The molecule has 0 aromatic heterocycles. The van der Waals surface area contributed by atoms with Gasteiger partial charge in [-0.05, 0) is 56.9 Å². The molecule has 4 heterocycles. The summed E-state index contributed by atoms with van der Waals surface area (Å²) in [5, 5.41) is 10.5. The van der Waals surface area contributed by atoms with E-state index in [0.29, 0.717) is 35.8 Å². The number of para-hydroxylation sites is 1. The maximum atomic E-state index is 15.7. The van der Waals surface area contributed by atoms with Crippen molar-refractivity contribution < 1.29 is 33.3 Å². The average Bonchev–Trinajstić information content (AvgIpc) is 3.30. The largest absolute Gasteiger partial charge is 0.478 e. The van der Waals surface area contributed by atoms with Crippen molar-refractivity contribution in [2.24, 2.45) is 0 Å². The van der Waals surface area contributed by atoms with Gasteiger partial charge in [0, 0.05) is 42.1 Å². The van der Waals surface area contributed by atoms with Crippen LogP contribution in [-0.4, -0.2) is 79.7 Å². The molecule has 1 N–H and O–H groups in total. The van der Waals surface area contributed by atoms with E-state index in [-0.39, 0.29) is 70.1 Å². The molecule has 3 aromatic carbocycles. The minimum absolute atomic E-state index is 0.0321. The van der Waals surface area contributed by atoms with Gasteiger partial charge >= 0.3 is 5.97 Å². The predicted octanol–water partition coefficient (Wildman–Crippen LogP) is 6.86. The molecule has 0 spiro atoms. The van der Waals surface area contributed by atoms with Crippen molar-refractivity contribution in [1.29, 1.82) is 0 Å². The smallest absolute Gasteiger partial charge is 0.337 e. The average molecular weight is 685 g/mol. The fourth-order valence-corrected chi connectivity index (χ4v) is 8.24. The number of carboxylic acid groups (broad SMARTS) is 1. The predicted molar refractivity (Wildman–Crippen MR) is 178 cm³/mol. The molecule has 12 heteroatoms. The third-order valence-corrected chi connectivity index (χ3v) is 10.6. The Morgan fingerprint density at radius 2 is 1.74 bits per heavy atom. The molecule has 0 aliphatic carbocycles. The lowest BCUT2D eigenvalue weighted by Crippen LogP contribution is -2.46. The van der Waals surface area contributed by atoms with Crippen molar-refractivity contribution in [1.82, 2.24) is 4.90 Å². The van der Waals surface area contributed by atoms with Crippen LogP contribution in [-0.2, 0) is 16.0 Å². The number of piperidine rings is 1. The zero-order valence-corrected chi connectivity index (χ0v) is 27.7. The maximum Gasteiger partial charge on any atom is 0.337 e. The van der Waals surface area contributed by atoms with Gasteiger partial charge in [0.1, 0.15) is 11.6 Å². The van der Waals surface area contributed by atoms with Crippen molar-refractivity contribution in [2.75, 3.05) is 43.4 Å². The van der Waals surface area contributed by atoms with Crippen LogP contribution in [0.25, 0.3) is 11.1 Å². The number of benzene rings is 3. The minimum atomic E-state index is -1.19. The lowest BCUT2D eigenvalue weighted by Gasteiger charge is -2.39. The zero-order valence-electron chi connectivity index (χ0n) is 26.2. The second kappa shape index (κ2) is 12.8. The minimum Gasteiger partial charge on any atom is -0.478 e. The summed E-state index contributed by atoms with van der Waals surface area (Å²) in [6, 6.07) is 11.9. The summed E-state index contributed by atoms with van der Waals surface area (Å²) in [6.07, 6.45) is 3.73. The van der Waals surface area contributed by atoms with Gasteiger partial charge in [-0.15, -0.1) is 0 Å². The number of hydrogen-bond donors (Lipinski definition) is 1. The van der Waals surface area contributed by atoms with Crippen LogP contribution in [0.1, 0.15) is 58.9 Å². The van der Waals surface area contributed by atoms with Crippen LogP contribution in [0, 0.1) is 5.82 Å². The number of ether oxygens (including phenoxy) is 3. The number of carbonyl (C=O) groups excluding carboxylic acids is 1. The molecule has 4 aliphatic rings. The molecule has 9 nitrogen and oxygen atoms in total. The topological polar surface area (TPSA) is 91.8 Å². The molecule has 0 radical (unpaired) electrons. The summed E-state index contributed by atoms with van der Waals surface area (Å²) in [4.78, 5) is 31.8. The monoisotopic (exact) mass is 683 g/mol. The van der Waals surface area contributed by atoms with Crippen LogP contribution in [0.5, 0.6) is 5.75 Å². The first-order chi connectivity index (χ1) is 22.6. The third-order valence-electron chi connectivity index (χ3n) is 9.97. The molecule has 1 amide bonds. The van der Waals surface area contributed by atoms with E-state index in [1.54, 1.807) is 37.4 Å². The molecule has 3 fully saturated rings. The Balaban J connectivity index is 1.16. The van der Waals surface area contributed by atoms with Crippen molar-refractivity contribution >= 4 is 46.5 Å². The van der Waals surface area contributed by atoms with Gasteiger partial charge in [0.2, 0.25) is 0 Å². The van der Waals surface area contributed by atoms with E-state index in [1.165, 1.54) is 4.90 Å². The highest BCUT2D eigenvalue weighted by molar-refractivity contribution is 6.40. The van der Waals surface area contributed by atoms with Gasteiger partial charge < -0.3 is 34.0 Å². The number of hydrogen-bond acceptors (Lipinski definition) is 7. The number of halogens is 3. The van der Waals surface area contributed by atoms with E-state index in [9.17, 15) is 14.7 Å². The van der Waals surface area contributed by atoms with Crippen LogP contribution in [0.4, 0.5) is 15.8 Å². The SMILES string of the molecule is CO[C@@H]1CCN(c2cc(Cl)c(C(=O)N3COc4c(cccc4-c4cc(N5C6CCC5COC6)c(C(=O)O)cc4F)C3)c(Cl)c2)[C@@H](C)C1. The molecular formula is C35H36Cl2FN3O6. The number of amides is 1. The number of anilines is 2. The summed E-state index contributed by atoms with van der Waals surface area (Å²) in [5.41, 5.74) is 2.83. The Labute approximate surface area is 282 Å². The Hall–Kier alpha value is -3.57. The molecule has 0 saturated carbocycles. The zero-order chi connectivity index (χ0) is 33.0. The van der Waals surface area contributed by atoms with E-state index in [1.807, 2.05) is 6.07 Å². The summed E-state index contributed by atoms with van der Waals surface area (Å²) < 4.78 is 33.1. The molecule has 2 bridgehead atoms. The quantitative estimate of drug-likeness (QED) is 0.301. The summed E-state index contributed by atoms with van der Waals surface area (Å²) >= 11 is 13.4. The first-order valence-corrected chi connectivity index (χ1v) is 16.7. The molecule has 4 aliphatic heterocycles. The van der Waals surface area contributed by atoms with E-state index in [4.69, 9.17) is 37.4 Å². The van der Waals surface area contributed by atoms with E-state index in [2.05, 4.69) is 16.7 Å². The standard InChI is InChI=1S/C35H36Cl2FN3O6/c1-19-10-24(45-2)8-9-40(19)23-11-28(36)32(29(37)12-23)34(42)39-15-20-4-3-5-25(33(20)47-18-39)26-14-31(27(35(43)44)13-30(26)38)41-21-6-7-22(41)17-46-16-21/h3-5,11-14,19,21-22,24H,6-10,15-18H2,1-2H3,(H,43,44)/t19-,21?,22?,24+/m0/s1. The lowest BCUT2D eigenvalue weighted by molar-refractivity contribution is 0.0516. The number of fused-ring (bicyclic) bond motifs is 3. The summed E-state index contributed by atoms with van der Waals surface area (Å²) in [7, 11) is 1.73. The van der Waals surface area contributed by atoms with Gasteiger partial charge in [-0.1, -0.05) is 41.4 Å². The second-order valence-corrected chi connectivity index (χ2v) is 13.6. The molecule has 7 rings (SSSR count). The summed E-state index contributed by atoms with van der Waals surface area (Å²) in [5.74, 6) is -1.79. The molecule has 2 unspecified atom stereocenters. The molecular weight excluding hydrogens is 648 g/mol. The molecule has 4 atom stereocenters. The number of aromatic carboxylic acids is 1. The van der Waals surface area contributed by atoms with Crippen LogP contribution in [0.3, 0.4) is 0 Å². The van der Waals surface area contributed by atoms with Gasteiger partial charge in [-0.3, -0.25) is 4.79 Å². The van der Waals surface area contributed by atoms with Crippen LogP contribution in [0.2, 0.25) is 10.0 Å².